The molecular formula is C15H23NOS. The van der Waals surface area contributed by atoms with E-state index in [1.165, 1.54) is 23.6 Å². The molecule has 0 saturated heterocycles. The van der Waals surface area contributed by atoms with Crippen LogP contribution in [0.15, 0.2) is 6.07 Å². The monoisotopic (exact) mass is 265 g/mol. The quantitative estimate of drug-likeness (QED) is 0.774. The zero-order chi connectivity index (χ0) is 13.3. The lowest BCUT2D eigenvalue weighted by Crippen LogP contribution is -2.28. The first-order valence-electron chi connectivity index (χ1n) is 6.66. The number of ketones is 1. The van der Waals surface area contributed by atoms with Crippen molar-refractivity contribution in [1.29, 1.82) is 0 Å². The van der Waals surface area contributed by atoms with E-state index in [9.17, 15) is 4.79 Å². The van der Waals surface area contributed by atoms with E-state index in [4.69, 9.17) is 0 Å². The molecule has 0 aliphatic heterocycles. The lowest BCUT2D eigenvalue weighted by molar-refractivity contribution is 0.0910. The fourth-order valence-electron chi connectivity index (χ4n) is 2.88. The number of carbonyl (C=O) groups is 1. The second-order valence-electron chi connectivity index (χ2n) is 6.09. The van der Waals surface area contributed by atoms with Crippen LogP contribution in [0.25, 0.3) is 0 Å². The normalized spacial score (nSPS) is 17.9. The Labute approximate surface area is 114 Å². The van der Waals surface area contributed by atoms with E-state index in [0.29, 0.717) is 12.2 Å². The molecule has 0 radical (unpaired) electrons. The summed E-state index contributed by atoms with van der Waals surface area (Å²) >= 11 is 1.89. The average Bonchev–Trinajstić information content (AvgIpc) is 2.56. The van der Waals surface area contributed by atoms with Crippen molar-refractivity contribution < 1.29 is 4.79 Å². The first-order valence-corrected chi connectivity index (χ1v) is 8.05. The maximum Gasteiger partial charge on any atom is 0.165 e. The first-order chi connectivity index (χ1) is 8.44. The highest BCUT2D eigenvalue weighted by Gasteiger charge is 2.33. The Morgan fingerprint density at radius 2 is 2.11 bits per heavy atom. The van der Waals surface area contributed by atoms with Gasteiger partial charge in [-0.2, -0.15) is 11.8 Å². The molecule has 0 amide bonds. The minimum Gasteiger partial charge on any atom is -0.348 e. The van der Waals surface area contributed by atoms with Crippen molar-refractivity contribution in [3.8, 4) is 0 Å². The zero-order valence-corrected chi connectivity index (χ0v) is 12.7. The van der Waals surface area contributed by atoms with Crippen LogP contribution in [-0.4, -0.2) is 22.4 Å². The molecule has 1 aromatic heterocycles. The summed E-state index contributed by atoms with van der Waals surface area (Å²) in [5.41, 5.74) is 3.62. The van der Waals surface area contributed by atoms with Gasteiger partial charge in [0.1, 0.15) is 0 Å². The molecule has 100 valence electrons. The number of rotatable bonds is 4. The third-order valence-electron chi connectivity index (χ3n) is 3.73. The maximum atomic E-state index is 12.2. The molecule has 0 saturated carbocycles. The fraction of sp³-hybridized carbons (Fsp3) is 0.667. The average molecular weight is 265 g/mol. The van der Waals surface area contributed by atoms with Gasteiger partial charge in [-0.1, -0.05) is 13.8 Å². The molecule has 3 heteroatoms. The smallest absolute Gasteiger partial charge is 0.165 e. The van der Waals surface area contributed by atoms with Crippen molar-refractivity contribution in [3.63, 3.8) is 0 Å². The van der Waals surface area contributed by atoms with Crippen LogP contribution in [0.3, 0.4) is 0 Å². The van der Waals surface area contributed by atoms with Gasteiger partial charge in [0, 0.05) is 29.9 Å². The number of fused-ring (bicyclic) bond motifs is 1. The molecule has 18 heavy (non-hydrogen) atoms. The maximum absolute atomic E-state index is 12.2. The molecule has 0 spiro atoms. The lowest BCUT2D eigenvalue weighted by atomic mass is 9.76. The van der Waals surface area contributed by atoms with Crippen LogP contribution in [-0.2, 0) is 13.0 Å². The highest BCUT2D eigenvalue weighted by atomic mass is 32.2. The molecule has 0 atom stereocenters. The van der Waals surface area contributed by atoms with Gasteiger partial charge in [0.05, 0.1) is 0 Å². The molecule has 0 aromatic carbocycles. The predicted octanol–water partition coefficient (Wildman–Crippen LogP) is 3.70. The van der Waals surface area contributed by atoms with Crippen molar-refractivity contribution in [1.82, 2.24) is 4.57 Å². The highest BCUT2D eigenvalue weighted by molar-refractivity contribution is 7.98. The second kappa shape index (κ2) is 5.12. The third kappa shape index (κ3) is 2.66. The minimum atomic E-state index is 0.117. The van der Waals surface area contributed by atoms with E-state index in [2.05, 4.69) is 37.7 Å². The van der Waals surface area contributed by atoms with Crippen molar-refractivity contribution in [2.75, 3.05) is 12.0 Å². The molecule has 0 N–H and O–H groups in total. The van der Waals surface area contributed by atoms with Crippen LogP contribution in [0.1, 0.15) is 48.4 Å². The van der Waals surface area contributed by atoms with Crippen molar-refractivity contribution in [3.05, 3.63) is 23.0 Å². The summed E-state index contributed by atoms with van der Waals surface area (Å²) < 4.78 is 2.37. The summed E-state index contributed by atoms with van der Waals surface area (Å²) in [7, 11) is 0. The molecule has 0 fully saturated rings. The Bertz CT molecular complexity index is 459. The van der Waals surface area contributed by atoms with Crippen molar-refractivity contribution in [2.24, 2.45) is 5.41 Å². The molecule has 0 unspecified atom stereocenters. The SMILES string of the molecule is CSCCCn1c(C)cc2c1CC(C)(C)CC2=O. The fourth-order valence-corrected chi connectivity index (χ4v) is 3.30. The number of aryl methyl sites for hydroxylation is 1. The summed E-state index contributed by atoms with van der Waals surface area (Å²) in [6.07, 6.45) is 5.04. The molecule has 2 nitrogen and oxygen atoms in total. The van der Waals surface area contributed by atoms with Gasteiger partial charge in [-0.25, -0.2) is 0 Å². The molecule has 2 rings (SSSR count). The Balaban J connectivity index is 2.29. The zero-order valence-electron chi connectivity index (χ0n) is 11.9. The number of aromatic nitrogens is 1. The van der Waals surface area contributed by atoms with E-state index in [-0.39, 0.29) is 5.41 Å². The van der Waals surface area contributed by atoms with E-state index in [1.54, 1.807) is 0 Å². The van der Waals surface area contributed by atoms with E-state index in [0.717, 1.165) is 18.5 Å². The van der Waals surface area contributed by atoms with Crippen LogP contribution in [0.2, 0.25) is 0 Å². The van der Waals surface area contributed by atoms with Gasteiger partial charge < -0.3 is 4.57 Å². The molecule has 0 bridgehead atoms. The molecule has 1 aliphatic carbocycles. The number of hydrogen-bond acceptors (Lipinski definition) is 2. The van der Waals surface area contributed by atoms with Crippen LogP contribution in [0, 0.1) is 12.3 Å². The first kappa shape index (κ1) is 13.7. The standard InChI is InChI=1S/C15H23NOS/c1-11-8-12-13(16(11)6-5-7-18-4)9-15(2,3)10-14(12)17/h8H,5-7,9-10H2,1-4H3. The minimum absolute atomic E-state index is 0.117. The van der Waals surface area contributed by atoms with Crippen molar-refractivity contribution in [2.45, 2.75) is 46.6 Å². The molecule has 1 aliphatic rings. The number of thioether (sulfide) groups is 1. The summed E-state index contributed by atoms with van der Waals surface area (Å²) in [5, 5.41) is 0. The van der Waals surface area contributed by atoms with Gasteiger partial charge in [-0.3, -0.25) is 4.79 Å². The number of carbonyl (C=O) groups excluding carboxylic acids is 1. The third-order valence-corrected chi connectivity index (χ3v) is 4.43. The van der Waals surface area contributed by atoms with E-state index in [1.807, 2.05) is 11.8 Å². The van der Waals surface area contributed by atoms with E-state index < -0.39 is 0 Å². The molecular weight excluding hydrogens is 242 g/mol. The van der Waals surface area contributed by atoms with Crippen LogP contribution >= 0.6 is 11.8 Å². The molecule has 1 heterocycles. The van der Waals surface area contributed by atoms with Gasteiger partial charge >= 0.3 is 0 Å². The summed E-state index contributed by atoms with van der Waals surface area (Å²) in [6.45, 7) is 7.56. The Kier molecular flexibility index (Phi) is 3.90. The van der Waals surface area contributed by atoms with Crippen LogP contribution in [0.5, 0.6) is 0 Å². The predicted molar refractivity (Wildman–Crippen MR) is 78.6 cm³/mol. The summed E-state index contributed by atoms with van der Waals surface area (Å²) in [6, 6.07) is 2.09. The largest absolute Gasteiger partial charge is 0.348 e. The van der Waals surface area contributed by atoms with Gasteiger partial charge in [-0.05, 0) is 43.3 Å². The second-order valence-corrected chi connectivity index (χ2v) is 7.07. The number of Topliss-reactive ketones (excluding diaryl/α,β-unsaturated/α-hetero) is 1. The van der Waals surface area contributed by atoms with Crippen molar-refractivity contribution >= 4 is 17.5 Å². The topological polar surface area (TPSA) is 22.0 Å². The summed E-state index contributed by atoms with van der Waals surface area (Å²) in [4.78, 5) is 12.2. The lowest BCUT2D eigenvalue weighted by Gasteiger charge is -2.29. The van der Waals surface area contributed by atoms with E-state index >= 15 is 0 Å². The number of hydrogen-bond donors (Lipinski definition) is 0. The highest BCUT2D eigenvalue weighted by Crippen LogP contribution is 2.36. The Morgan fingerprint density at radius 3 is 2.78 bits per heavy atom. The van der Waals surface area contributed by atoms with Crippen LogP contribution < -0.4 is 0 Å². The Morgan fingerprint density at radius 1 is 1.39 bits per heavy atom. The Hall–Kier alpha value is -0.700. The van der Waals surface area contributed by atoms with Gasteiger partial charge in [0.15, 0.2) is 5.78 Å². The van der Waals surface area contributed by atoms with Crippen LogP contribution in [0.4, 0.5) is 0 Å². The summed E-state index contributed by atoms with van der Waals surface area (Å²) in [5.74, 6) is 1.51. The van der Waals surface area contributed by atoms with Gasteiger partial charge in [0.25, 0.3) is 0 Å². The molecule has 1 aromatic rings. The van der Waals surface area contributed by atoms with Gasteiger partial charge in [0.2, 0.25) is 0 Å². The van der Waals surface area contributed by atoms with Gasteiger partial charge in [-0.15, -0.1) is 0 Å². The number of nitrogens with zero attached hydrogens (tertiary/aromatic N) is 1.